The second kappa shape index (κ2) is 6.49. The predicted molar refractivity (Wildman–Crippen MR) is 88.3 cm³/mol. The van der Waals surface area contributed by atoms with Crippen molar-refractivity contribution in [3.05, 3.63) is 17.5 Å². The lowest BCUT2D eigenvalue weighted by Crippen LogP contribution is -2.62. The molecule has 1 aliphatic heterocycles. The Morgan fingerprint density at radius 3 is 2.71 bits per heavy atom. The minimum absolute atomic E-state index is 0.195. The van der Waals surface area contributed by atoms with Crippen LogP contribution in [0.2, 0.25) is 0 Å². The van der Waals surface area contributed by atoms with Gasteiger partial charge in [0.1, 0.15) is 0 Å². The molecule has 0 radical (unpaired) electrons. The minimum Gasteiger partial charge on any atom is -0.311 e. The Balaban J connectivity index is 2.12. The Kier molecular flexibility index (Phi) is 5.10. The fourth-order valence-corrected chi connectivity index (χ4v) is 3.07. The lowest BCUT2D eigenvalue weighted by atomic mass is 9.90. The molecule has 0 aromatic carbocycles. The molecule has 0 bridgehead atoms. The average molecular weight is 292 g/mol. The average Bonchev–Trinajstić information content (AvgIpc) is 2.80. The van der Waals surface area contributed by atoms with Crippen LogP contribution in [0, 0.1) is 5.92 Å². The first-order valence-corrected chi connectivity index (χ1v) is 8.37. The first-order valence-electron chi connectivity index (χ1n) is 8.37. The fraction of sp³-hybridized carbons (Fsp3) is 0.824. The molecule has 1 saturated heterocycles. The van der Waals surface area contributed by atoms with Crippen LogP contribution in [0.25, 0.3) is 0 Å². The molecular weight excluding hydrogens is 260 g/mol. The van der Waals surface area contributed by atoms with E-state index in [1.54, 1.807) is 0 Å². The molecule has 0 aliphatic carbocycles. The summed E-state index contributed by atoms with van der Waals surface area (Å²) < 4.78 is 2.05. The van der Waals surface area contributed by atoms with Gasteiger partial charge in [-0.05, 0) is 32.3 Å². The second-order valence-electron chi connectivity index (χ2n) is 7.17. The van der Waals surface area contributed by atoms with E-state index >= 15 is 0 Å². The third kappa shape index (κ3) is 3.67. The van der Waals surface area contributed by atoms with Crippen LogP contribution in [-0.4, -0.2) is 39.4 Å². The third-order valence-electron chi connectivity index (χ3n) is 5.14. The zero-order valence-electron chi connectivity index (χ0n) is 14.6. The van der Waals surface area contributed by atoms with E-state index in [1.165, 1.54) is 17.8 Å². The van der Waals surface area contributed by atoms with Gasteiger partial charge < -0.3 is 5.32 Å². The smallest absolute Gasteiger partial charge is 0.0625 e. The van der Waals surface area contributed by atoms with E-state index in [4.69, 9.17) is 0 Å². The molecule has 1 aromatic rings. The van der Waals surface area contributed by atoms with Gasteiger partial charge in [-0.15, -0.1) is 0 Å². The summed E-state index contributed by atoms with van der Waals surface area (Å²) in [5.74, 6) is 0.723. The lowest BCUT2D eigenvalue weighted by molar-refractivity contribution is 0.0429. The molecule has 1 aromatic heterocycles. The van der Waals surface area contributed by atoms with Crippen LogP contribution in [0.15, 0.2) is 6.07 Å². The molecule has 4 nitrogen and oxygen atoms in total. The second-order valence-corrected chi connectivity index (χ2v) is 7.17. The summed E-state index contributed by atoms with van der Waals surface area (Å²) in [5.41, 5.74) is 2.71. The van der Waals surface area contributed by atoms with Crippen LogP contribution in [0.1, 0.15) is 52.4 Å². The van der Waals surface area contributed by atoms with Gasteiger partial charge in [-0.3, -0.25) is 9.58 Å². The Morgan fingerprint density at radius 1 is 1.43 bits per heavy atom. The highest BCUT2D eigenvalue weighted by Gasteiger charge is 2.35. The van der Waals surface area contributed by atoms with E-state index < -0.39 is 0 Å². The maximum absolute atomic E-state index is 4.59. The zero-order chi connectivity index (χ0) is 15.6. The number of piperazine rings is 1. The Bertz CT molecular complexity index is 463. The summed E-state index contributed by atoms with van der Waals surface area (Å²) in [6.45, 7) is 14.6. The molecule has 2 rings (SSSR count). The minimum atomic E-state index is 0.195. The highest BCUT2D eigenvalue weighted by atomic mass is 15.3. The van der Waals surface area contributed by atoms with E-state index in [-0.39, 0.29) is 5.54 Å². The number of nitrogens with one attached hydrogen (secondary N) is 1. The van der Waals surface area contributed by atoms with Gasteiger partial charge in [0.2, 0.25) is 0 Å². The maximum Gasteiger partial charge on any atom is 0.0625 e. The van der Waals surface area contributed by atoms with Crippen LogP contribution < -0.4 is 5.32 Å². The first kappa shape index (κ1) is 16.5. The largest absolute Gasteiger partial charge is 0.311 e. The van der Waals surface area contributed by atoms with Crippen molar-refractivity contribution in [2.45, 2.75) is 65.6 Å². The zero-order valence-corrected chi connectivity index (χ0v) is 14.6. The van der Waals surface area contributed by atoms with Gasteiger partial charge in [0.25, 0.3) is 0 Å². The molecule has 1 aliphatic rings. The summed E-state index contributed by atoms with van der Waals surface area (Å²) in [4.78, 5) is 2.62. The number of aromatic nitrogens is 2. The Labute approximate surface area is 129 Å². The molecule has 0 amide bonds. The molecule has 4 heteroatoms. The van der Waals surface area contributed by atoms with Gasteiger partial charge in [-0.2, -0.15) is 5.10 Å². The van der Waals surface area contributed by atoms with Crippen molar-refractivity contribution >= 4 is 0 Å². The van der Waals surface area contributed by atoms with Crippen LogP contribution in [-0.2, 0) is 20.0 Å². The summed E-state index contributed by atoms with van der Waals surface area (Å²) in [7, 11) is 2.07. The van der Waals surface area contributed by atoms with Crippen molar-refractivity contribution in [3.8, 4) is 0 Å². The fourth-order valence-electron chi connectivity index (χ4n) is 3.07. The molecule has 0 spiro atoms. The van der Waals surface area contributed by atoms with E-state index in [0.29, 0.717) is 6.04 Å². The first-order chi connectivity index (χ1) is 9.87. The summed E-state index contributed by atoms with van der Waals surface area (Å²) in [6, 6.07) is 2.86. The van der Waals surface area contributed by atoms with Crippen molar-refractivity contribution in [2.75, 3.05) is 13.1 Å². The van der Waals surface area contributed by atoms with Gasteiger partial charge in [0, 0.05) is 38.3 Å². The maximum atomic E-state index is 4.59. The number of nitrogens with zero attached hydrogens (tertiary/aromatic N) is 3. The van der Waals surface area contributed by atoms with Crippen LogP contribution >= 0.6 is 0 Å². The predicted octanol–water partition coefficient (Wildman–Crippen LogP) is 2.58. The number of rotatable bonds is 5. The molecule has 0 saturated carbocycles. The SMILES string of the molecule is CCc1cc(CN2CC(C(C)CC)NCC2(C)C)n(C)n1. The standard InChI is InChI=1S/C17H32N4/c1-7-13(3)16-11-21(17(4,5)12-18-16)10-15-9-14(8-2)19-20(15)6/h9,13,16,18H,7-8,10-12H2,1-6H3. The van der Waals surface area contributed by atoms with Gasteiger partial charge in [0.05, 0.1) is 11.4 Å². The summed E-state index contributed by atoms with van der Waals surface area (Å²) in [5, 5.41) is 8.33. The highest BCUT2D eigenvalue weighted by molar-refractivity contribution is 5.11. The van der Waals surface area contributed by atoms with Crippen molar-refractivity contribution in [1.29, 1.82) is 0 Å². The lowest BCUT2D eigenvalue weighted by Gasteiger charge is -2.47. The highest BCUT2D eigenvalue weighted by Crippen LogP contribution is 2.24. The quantitative estimate of drug-likeness (QED) is 0.905. The summed E-state index contributed by atoms with van der Waals surface area (Å²) >= 11 is 0. The van der Waals surface area contributed by atoms with Gasteiger partial charge in [0.15, 0.2) is 0 Å². The van der Waals surface area contributed by atoms with Crippen LogP contribution in [0.5, 0.6) is 0 Å². The van der Waals surface area contributed by atoms with E-state index in [1.807, 2.05) is 0 Å². The molecule has 120 valence electrons. The molecule has 2 heterocycles. The number of hydrogen-bond acceptors (Lipinski definition) is 3. The van der Waals surface area contributed by atoms with Crippen molar-refractivity contribution in [1.82, 2.24) is 20.0 Å². The third-order valence-corrected chi connectivity index (χ3v) is 5.14. The van der Waals surface area contributed by atoms with Gasteiger partial charge >= 0.3 is 0 Å². The van der Waals surface area contributed by atoms with Crippen LogP contribution in [0.3, 0.4) is 0 Å². The van der Waals surface area contributed by atoms with Gasteiger partial charge in [-0.25, -0.2) is 0 Å². The van der Waals surface area contributed by atoms with Crippen molar-refractivity contribution < 1.29 is 0 Å². The van der Waals surface area contributed by atoms with E-state index in [2.05, 4.69) is 67.7 Å². The van der Waals surface area contributed by atoms with Crippen molar-refractivity contribution in [3.63, 3.8) is 0 Å². The van der Waals surface area contributed by atoms with Crippen LogP contribution in [0.4, 0.5) is 0 Å². The Morgan fingerprint density at radius 2 is 2.14 bits per heavy atom. The topological polar surface area (TPSA) is 33.1 Å². The molecular formula is C17H32N4. The Hall–Kier alpha value is -0.870. The molecule has 21 heavy (non-hydrogen) atoms. The molecule has 2 unspecified atom stereocenters. The van der Waals surface area contributed by atoms with Gasteiger partial charge in [-0.1, -0.05) is 27.2 Å². The van der Waals surface area contributed by atoms with Crippen molar-refractivity contribution in [2.24, 2.45) is 13.0 Å². The van der Waals surface area contributed by atoms with E-state index in [0.717, 1.165) is 32.0 Å². The molecule has 2 atom stereocenters. The number of aryl methyl sites for hydroxylation is 2. The molecule has 1 N–H and O–H groups in total. The monoisotopic (exact) mass is 292 g/mol. The molecule has 1 fully saturated rings. The van der Waals surface area contributed by atoms with E-state index in [9.17, 15) is 0 Å². The normalized spacial score (nSPS) is 24.2. The summed E-state index contributed by atoms with van der Waals surface area (Å²) in [6.07, 6.45) is 2.24. The number of hydrogen-bond donors (Lipinski definition) is 1.